The zero-order valence-corrected chi connectivity index (χ0v) is 11.3. The van der Waals surface area contributed by atoms with E-state index >= 15 is 0 Å². The first-order valence-corrected chi connectivity index (χ1v) is 6.97. The molecule has 0 aromatic heterocycles. The smallest absolute Gasteiger partial charge is 0.314 e. The van der Waals surface area contributed by atoms with Gasteiger partial charge in [0.1, 0.15) is 5.75 Å². The number of carbonyl (C=O) groups excluding carboxylic acids is 1. The molecule has 1 aromatic rings. The van der Waals surface area contributed by atoms with Crippen molar-refractivity contribution in [2.24, 2.45) is 11.8 Å². The lowest BCUT2D eigenvalue weighted by Gasteiger charge is -2.26. The fourth-order valence-corrected chi connectivity index (χ4v) is 2.61. The molecule has 1 aliphatic rings. The Morgan fingerprint density at radius 2 is 1.78 bits per heavy atom. The van der Waals surface area contributed by atoms with Crippen molar-refractivity contribution < 1.29 is 9.53 Å². The number of hydrogen-bond donors (Lipinski definition) is 0. The molecule has 0 amide bonds. The van der Waals surface area contributed by atoms with Gasteiger partial charge in [-0.15, -0.1) is 0 Å². The van der Waals surface area contributed by atoms with Gasteiger partial charge in [0.15, 0.2) is 0 Å². The summed E-state index contributed by atoms with van der Waals surface area (Å²) < 4.78 is 5.44. The van der Waals surface area contributed by atoms with Crippen molar-refractivity contribution in [2.75, 3.05) is 0 Å². The fourth-order valence-electron chi connectivity index (χ4n) is 2.61. The van der Waals surface area contributed by atoms with Gasteiger partial charge in [-0.1, -0.05) is 31.0 Å². The Morgan fingerprint density at radius 3 is 2.33 bits per heavy atom. The third-order valence-corrected chi connectivity index (χ3v) is 4.00. The molecule has 0 spiro atoms. The molecule has 0 radical (unpaired) electrons. The van der Waals surface area contributed by atoms with E-state index in [-0.39, 0.29) is 11.9 Å². The number of benzene rings is 1. The normalized spacial score (nSPS) is 23.7. The molecule has 1 aliphatic carbocycles. The molecule has 2 heteroatoms. The van der Waals surface area contributed by atoms with Gasteiger partial charge in [-0.25, -0.2) is 0 Å². The quantitative estimate of drug-likeness (QED) is 0.592. The number of carbonyl (C=O) groups is 1. The van der Waals surface area contributed by atoms with E-state index in [1.54, 1.807) is 0 Å². The largest absolute Gasteiger partial charge is 0.426 e. The van der Waals surface area contributed by atoms with E-state index in [0.29, 0.717) is 5.75 Å². The highest BCUT2D eigenvalue weighted by atomic mass is 16.5. The highest BCUT2D eigenvalue weighted by Crippen LogP contribution is 2.31. The average molecular weight is 246 g/mol. The van der Waals surface area contributed by atoms with E-state index in [1.807, 2.05) is 31.2 Å². The zero-order valence-electron chi connectivity index (χ0n) is 11.3. The summed E-state index contributed by atoms with van der Waals surface area (Å²) in [5, 5.41) is 0. The number of hydrogen-bond acceptors (Lipinski definition) is 2. The standard InChI is InChI=1S/C16H22O2/c1-3-13-6-8-14(9-7-13)16(17)18-15-10-4-12(2)5-11-15/h4-5,10-11,13-14H,3,6-9H2,1-2H3. The van der Waals surface area contributed by atoms with Crippen molar-refractivity contribution in [2.45, 2.75) is 46.0 Å². The first-order chi connectivity index (χ1) is 8.69. The monoisotopic (exact) mass is 246 g/mol. The Bertz CT molecular complexity index is 386. The Kier molecular flexibility index (Phi) is 4.40. The minimum Gasteiger partial charge on any atom is -0.426 e. The third-order valence-electron chi connectivity index (χ3n) is 4.00. The summed E-state index contributed by atoms with van der Waals surface area (Å²) in [6.07, 6.45) is 5.56. The second kappa shape index (κ2) is 6.03. The first-order valence-electron chi connectivity index (χ1n) is 6.97. The molecule has 1 fully saturated rings. The van der Waals surface area contributed by atoms with Gasteiger partial charge in [0.2, 0.25) is 0 Å². The maximum Gasteiger partial charge on any atom is 0.314 e. The summed E-state index contributed by atoms with van der Waals surface area (Å²) in [7, 11) is 0. The molecule has 98 valence electrons. The van der Waals surface area contributed by atoms with Crippen molar-refractivity contribution in [1.29, 1.82) is 0 Å². The minimum atomic E-state index is -0.0478. The summed E-state index contributed by atoms with van der Waals surface area (Å²) in [4.78, 5) is 12.0. The predicted octanol–water partition coefficient (Wildman–Crippen LogP) is 4.12. The SMILES string of the molecule is CCC1CCC(C(=O)Oc2ccc(C)cc2)CC1. The van der Waals surface area contributed by atoms with Crippen LogP contribution in [-0.4, -0.2) is 5.97 Å². The molecule has 1 aromatic carbocycles. The summed E-state index contributed by atoms with van der Waals surface area (Å²) in [6, 6.07) is 7.67. The van der Waals surface area contributed by atoms with Crippen molar-refractivity contribution in [3.8, 4) is 5.75 Å². The Balaban J connectivity index is 1.87. The van der Waals surface area contributed by atoms with Crippen LogP contribution in [0.5, 0.6) is 5.75 Å². The van der Waals surface area contributed by atoms with E-state index < -0.39 is 0 Å². The van der Waals surface area contributed by atoms with Gasteiger partial charge in [0.25, 0.3) is 0 Å². The highest BCUT2D eigenvalue weighted by Gasteiger charge is 2.26. The zero-order chi connectivity index (χ0) is 13.0. The lowest BCUT2D eigenvalue weighted by Crippen LogP contribution is -2.25. The van der Waals surface area contributed by atoms with E-state index in [1.165, 1.54) is 24.8 Å². The molecule has 0 saturated heterocycles. The van der Waals surface area contributed by atoms with E-state index in [0.717, 1.165) is 18.8 Å². The minimum absolute atomic E-state index is 0.0478. The topological polar surface area (TPSA) is 26.3 Å². The summed E-state index contributed by atoms with van der Waals surface area (Å²) in [5.74, 6) is 1.54. The molecular weight excluding hydrogens is 224 g/mol. The van der Waals surface area contributed by atoms with Crippen LogP contribution in [0.15, 0.2) is 24.3 Å². The van der Waals surface area contributed by atoms with Crippen LogP contribution in [0.2, 0.25) is 0 Å². The lowest BCUT2D eigenvalue weighted by molar-refractivity contribution is -0.140. The Labute approximate surface area is 109 Å². The molecule has 2 rings (SSSR count). The van der Waals surface area contributed by atoms with Gasteiger partial charge >= 0.3 is 5.97 Å². The molecular formula is C16H22O2. The molecule has 0 N–H and O–H groups in total. The van der Waals surface area contributed by atoms with E-state index in [4.69, 9.17) is 4.74 Å². The molecule has 2 nitrogen and oxygen atoms in total. The van der Waals surface area contributed by atoms with Crippen molar-refractivity contribution >= 4 is 5.97 Å². The number of rotatable bonds is 3. The third kappa shape index (κ3) is 3.34. The first kappa shape index (κ1) is 13.1. The van der Waals surface area contributed by atoms with E-state index in [9.17, 15) is 4.79 Å². The highest BCUT2D eigenvalue weighted by molar-refractivity contribution is 5.75. The van der Waals surface area contributed by atoms with Gasteiger partial charge < -0.3 is 4.74 Å². The van der Waals surface area contributed by atoms with Gasteiger partial charge in [-0.05, 0) is 50.7 Å². The van der Waals surface area contributed by atoms with Crippen LogP contribution in [0.3, 0.4) is 0 Å². The molecule has 0 unspecified atom stereocenters. The molecule has 18 heavy (non-hydrogen) atoms. The van der Waals surface area contributed by atoms with Gasteiger partial charge in [-0.3, -0.25) is 4.79 Å². The number of esters is 1. The summed E-state index contributed by atoms with van der Waals surface area (Å²) >= 11 is 0. The second-order valence-corrected chi connectivity index (χ2v) is 5.36. The van der Waals surface area contributed by atoms with Crippen molar-refractivity contribution in [1.82, 2.24) is 0 Å². The summed E-state index contributed by atoms with van der Waals surface area (Å²) in [6.45, 7) is 4.26. The maximum atomic E-state index is 12.0. The van der Waals surface area contributed by atoms with Gasteiger partial charge in [0, 0.05) is 0 Å². The average Bonchev–Trinajstić information content (AvgIpc) is 2.41. The van der Waals surface area contributed by atoms with Crippen LogP contribution in [0.1, 0.15) is 44.6 Å². The van der Waals surface area contributed by atoms with Crippen LogP contribution in [0.25, 0.3) is 0 Å². The predicted molar refractivity (Wildman–Crippen MR) is 72.6 cm³/mol. The van der Waals surface area contributed by atoms with E-state index in [2.05, 4.69) is 6.92 Å². The Morgan fingerprint density at radius 1 is 1.17 bits per heavy atom. The molecule has 0 bridgehead atoms. The summed E-state index contributed by atoms with van der Waals surface area (Å²) in [5.41, 5.74) is 1.18. The van der Waals surface area contributed by atoms with Crippen LogP contribution in [0.4, 0.5) is 0 Å². The molecule has 0 atom stereocenters. The number of aryl methyl sites for hydroxylation is 1. The molecule has 0 heterocycles. The van der Waals surface area contributed by atoms with Gasteiger partial charge in [-0.2, -0.15) is 0 Å². The van der Waals surface area contributed by atoms with Gasteiger partial charge in [0.05, 0.1) is 5.92 Å². The van der Waals surface area contributed by atoms with Crippen molar-refractivity contribution in [3.63, 3.8) is 0 Å². The molecule has 0 aliphatic heterocycles. The van der Waals surface area contributed by atoms with Crippen LogP contribution >= 0.6 is 0 Å². The Hall–Kier alpha value is -1.31. The van der Waals surface area contributed by atoms with Crippen molar-refractivity contribution in [3.05, 3.63) is 29.8 Å². The maximum absolute atomic E-state index is 12.0. The fraction of sp³-hybridized carbons (Fsp3) is 0.562. The van der Waals surface area contributed by atoms with Crippen LogP contribution in [0, 0.1) is 18.8 Å². The lowest BCUT2D eigenvalue weighted by atomic mass is 9.81. The second-order valence-electron chi connectivity index (χ2n) is 5.36. The number of ether oxygens (including phenoxy) is 1. The molecule has 1 saturated carbocycles. The van der Waals surface area contributed by atoms with Crippen LogP contribution in [-0.2, 0) is 4.79 Å². The van der Waals surface area contributed by atoms with Crippen LogP contribution < -0.4 is 4.74 Å².